The maximum atomic E-state index is 11.6. The third-order valence-corrected chi connectivity index (χ3v) is 4.96. The van der Waals surface area contributed by atoms with Crippen LogP contribution in [-0.2, 0) is 27.5 Å². The molecule has 0 bridgehead atoms. The molecule has 0 aliphatic carbocycles. The van der Waals surface area contributed by atoms with Gasteiger partial charge in [-0.15, -0.1) is 0 Å². The van der Waals surface area contributed by atoms with Crippen LogP contribution in [0.5, 0.6) is 0 Å². The van der Waals surface area contributed by atoms with E-state index in [-0.39, 0.29) is 30.3 Å². The molecule has 8 heteroatoms. The van der Waals surface area contributed by atoms with Crippen molar-refractivity contribution in [2.24, 2.45) is 0 Å². The molecule has 1 unspecified atom stereocenters. The Bertz CT molecular complexity index is 521. The van der Waals surface area contributed by atoms with Crippen LogP contribution in [0.3, 0.4) is 0 Å². The Hall–Kier alpha value is -1.44. The number of nitrogens with zero attached hydrogens (tertiary/aromatic N) is 2. The van der Waals surface area contributed by atoms with Gasteiger partial charge in [0.25, 0.3) is 0 Å². The van der Waals surface area contributed by atoms with Crippen molar-refractivity contribution in [3.05, 3.63) is 11.7 Å². The van der Waals surface area contributed by atoms with Crippen molar-refractivity contribution in [2.45, 2.75) is 30.9 Å². The van der Waals surface area contributed by atoms with Crippen molar-refractivity contribution in [1.82, 2.24) is 10.1 Å². The molecule has 2 heterocycles. The number of sulfone groups is 1. The molecule has 0 radical (unpaired) electrons. The highest BCUT2D eigenvalue weighted by atomic mass is 32.2. The molecule has 1 fully saturated rings. The lowest BCUT2D eigenvalue weighted by Gasteiger charge is -2.04. The minimum Gasteiger partial charge on any atom is -0.481 e. The second kappa shape index (κ2) is 4.44. The number of carbonyl (C=O) groups is 1. The first kappa shape index (κ1) is 12.0. The number of hydrogen-bond donors (Lipinski definition) is 1. The highest BCUT2D eigenvalue weighted by Crippen LogP contribution is 2.23. The predicted octanol–water partition coefficient (Wildman–Crippen LogP) is -0.184. The highest BCUT2D eigenvalue weighted by Gasteiger charge is 2.32. The summed E-state index contributed by atoms with van der Waals surface area (Å²) in [6.45, 7) is 0. The Kier molecular flexibility index (Phi) is 3.14. The maximum Gasteiger partial charge on any atom is 0.311 e. The molecule has 1 N–H and O–H groups in total. The summed E-state index contributed by atoms with van der Waals surface area (Å²) in [6, 6.07) is 0. The van der Waals surface area contributed by atoms with Crippen molar-refractivity contribution in [3.63, 3.8) is 0 Å². The molecule has 2 rings (SSSR count). The third kappa shape index (κ3) is 2.82. The largest absolute Gasteiger partial charge is 0.481 e. The number of aromatic nitrogens is 2. The third-order valence-electron chi connectivity index (χ3n) is 2.68. The second-order valence-corrected chi connectivity index (χ2v) is 6.41. The van der Waals surface area contributed by atoms with Gasteiger partial charge in [0.1, 0.15) is 6.42 Å². The van der Waals surface area contributed by atoms with Gasteiger partial charge >= 0.3 is 5.97 Å². The second-order valence-electron chi connectivity index (χ2n) is 4.01. The molecule has 1 aliphatic heterocycles. The standard InChI is InChI=1S/C9H12N2O5S/c12-9(13)5-7-10-8(16-11-7)4-6-2-1-3-17(6,14)15/h6H,1-5H2,(H,12,13). The van der Waals surface area contributed by atoms with Gasteiger partial charge in [0, 0.05) is 6.42 Å². The van der Waals surface area contributed by atoms with E-state index in [0.717, 1.165) is 0 Å². The molecule has 1 saturated heterocycles. The molecule has 17 heavy (non-hydrogen) atoms. The lowest BCUT2D eigenvalue weighted by Crippen LogP contribution is -2.18. The van der Waals surface area contributed by atoms with E-state index in [1.54, 1.807) is 0 Å². The Morgan fingerprint density at radius 1 is 1.53 bits per heavy atom. The van der Waals surface area contributed by atoms with Crippen LogP contribution in [0.1, 0.15) is 24.6 Å². The maximum absolute atomic E-state index is 11.6. The van der Waals surface area contributed by atoms with Gasteiger partial charge in [-0.25, -0.2) is 8.42 Å². The minimum atomic E-state index is -3.04. The van der Waals surface area contributed by atoms with Crippen LogP contribution in [0.15, 0.2) is 4.52 Å². The molecule has 1 aromatic rings. The van der Waals surface area contributed by atoms with Crippen LogP contribution in [0, 0.1) is 0 Å². The van der Waals surface area contributed by atoms with Gasteiger partial charge in [-0.2, -0.15) is 4.98 Å². The monoisotopic (exact) mass is 260 g/mol. The fourth-order valence-corrected chi connectivity index (χ4v) is 3.69. The van der Waals surface area contributed by atoms with E-state index in [2.05, 4.69) is 10.1 Å². The first-order valence-electron chi connectivity index (χ1n) is 5.22. The summed E-state index contributed by atoms with van der Waals surface area (Å²) in [5, 5.41) is 11.5. The normalized spacial score (nSPS) is 22.7. The summed E-state index contributed by atoms with van der Waals surface area (Å²) in [4.78, 5) is 14.3. The average molecular weight is 260 g/mol. The van der Waals surface area contributed by atoms with Gasteiger partial charge in [-0.1, -0.05) is 5.16 Å². The SMILES string of the molecule is O=C(O)Cc1noc(CC2CCCS2(=O)=O)n1. The highest BCUT2D eigenvalue weighted by molar-refractivity contribution is 7.92. The van der Waals surface area contributed by atoms with Crippen molar-refractivity contribution in [3.8, 4) is 0 Å². The van der Waals surface area contributed by atoms with Crippen LogP contribution in [0.25, 0.3) is 0 Å². The molecular weight excluding hydrogens is 248 g/mol. The zero-order chi connectivity index (χ0) is 12.5. The summed E-state index contributed by atoms with van der Waals surface area (Å²) >= 11 is 0. The van der Waals surface area contributed by atoms with Crippen molar-refractivity contribution in [1.29, 1.82) is 0 Å². The van der Waals surface area contributed by atoms with E-state index in [4.69, 9.17) is 9.63 Å². The number of hydrogen-bond acceptors (Lipinski definition) is 6. The Morgan fingerprint density at radius 3 is 2.88 bits per heavy atom. The van der Waals surface area contributed by atoms with Crippen molar-refractivity contribution < 1.29 is 22.8 Å². The molecule has 0 aromatic carbocycles. The van der Waals surface area contributed by atoms with Crippen LogP contribution in [0.2, 0.25) is 0 Å². The summed E-state index contributed by atoms with van der Waals surface area (Å²) in [6.07, 6.45) is 1.11. The molecular formula is C9H12N2O5S. The fraction of sp³-hybridized carbons (Fsp3) is 0.667. The Morgan fingerprint density at radius 2 is 2.29 bits per heavy atom. The topological polar surface area (TPSA) is 110 Å². The molecule has 1 aliphatic rings. The molecule has 7 nitrogen and oxygen atoms in total. The molecule has 1 atom stereocenters. The summed E-state index contributed by atoms with van der Waals surface area (Å²) < 4.78 is 28.0. The Balaban J connectivity index is 2.04. The van der Waals surface area contributed by atoms with Crippen LogP contribution < -0.4 is 0 Å². The first-order chi connectivity index (χ1) is 7.97. The van der Waals surface area contributed by atoms with Gasteiger partial charge in [-0.3, -0.25) is 4.79 Å². The molecule has 0 spiro atoms. The fourth-order valence-electron chi connectivity index (χ4n) is 1.86. The van der Waals surface area contributed by atoms with Gasteiger partial charge in [0.2, 0.25) is 5.89 Å². The van der Waals surface area contributed by atoms with Gasteiger partial charge < -0.3 is 9.63 Å². The smallest absolute Gasteiger partial charge is 0.311 e. The summed E-state index contributed by atoms with van der Waals surface area (Å²) in [5.41, 5.74) is 0. The number of aliphatic carboxylic acids is 1. The van der Waals surface area contributed by atoms with Crippen LogP contribution in [0.4, 0.5) is 0 Å². The quantitative estimate of drug-likeness (QED) is 0.799. The zero-order valence-electron chi connectivity index (χ0n) is 9.00. The van der Waals surface area contributed by atoms with E-state index < -0.39 is 21.1 Å². The van der Waals surface area contributed by atoms with E-state index in [9.17, 15) is 13.2 Å². The molecule has 94 valence electrons. The van der Waals surface area contributed by atoms with Gasteiger partial charge in [-0.05, 0) is 12.8 Å². The minimum absolute atomic E-state index is 0.0721. The first-order valence-corrected chi connectivity index (χ1v) is 6.94. The van der Waals surface area contributed by atoms with E-state index in [1.807, 2.05) is 0 Å². The van der Waals surface area contributed by atoms with E-state index >= 15 is 0 Å². The zero-order valence-corrected chi connectivity index (χ0v) is 9.81. The van der Waals surface area contributed by atoms with Crippen LogP contribution in [-0.4, -0.2) is 40.6 Å². The lowest BCUT2D eigenvalue weighted by atomic mass is 10.2. The predicted molar refractivity (Wildman–Crippen MR) is 56.2 cm³/mol. The summed E-state index contributed by atoms with van der Waals surface area (Å²) in [7, 11) is -3.04. The van der Waals surface area contributed by atoms with Gasteiger partial charge in [0.05, 0.1) is 11.0 Å². The molecule has 0 amide bonds. The Labute approximate surface area is 97.7 Å². The van der Waals surface area contributed by atoms with Gasteiger partial charge in [0.15, 0.2) is 15.7 Å². The van der Waals surface area contributed by atoms with Crippen LogP contribution >= 0.6 is 0 Å². The average Bonchev–Trinajstić information content (AvgIpc) is 2.75. The van der Waals surface area contributed by atoms with E-state index in [1.165, 1.54) is 0 Å². The summed E-state index contributed by atoms with van der Waals surface area (Å²) in [5.74, 6) is -0.584. The molecule has 0 saturated carbocycles. The lowest BCUT2D eigenvalue weighted by molar-refractivity contribution is -0.136. The number of carboxylic acid groups (broad SMARTS) is 1. The van der Waals surface area contributed by atoms with E-state index in [0.29, 0.717) is 12.8 Å². The van der Waals surface area contributed by atoms with Crippen molar-refractivity contribution >= 4 is 15.8 Å². The number of rotatable bonds is 4. The van der Waals surface area contributed by atoms with Crippen molar-refractivity contribution in [2.75, 3.05) is 5.75 Å². The number of carboxylic acids is 1. The molecule has 1 aromatic heterocycles.